The molecule has 1 aliphatic carbocycles. The van der Waals surface area contributed by atoms with Crippen molar-refractivity contribution in [3.8, 4) is 0 Å². The Labute approximate surface area is 156 Å². The maximum atomic E-state index is 12.9. The van der Waals surface area contributed by atoms with Gasteiger partial charge in [0.2, 0.25) is 17.7 Å². The number of fused-ring (bicyclic) bond motifs is 1. The van der Waals surface area contributed by atoms with E-state index >= 15 is 0 Å². The topological polar surface area (TPSA) is 104 Å². The molecule has 8 nitrogen and oxygen atoms in total. The summed E-state index contributed by atoms with van der Waals surface area (Å²) in [5.74, 6) is -2.25. The summed E-state index contributed by atoms with van der Waals surface area (Å²) in [4.78, 5) is 63.2. The molecule has 0 radical (unpaired) electrons. The highest BCUT2D eigenvalue weighted by atomic mass is 16.2. The van der Waals surface area contributed by atoms with E-state index in [1.165, 1.54) is 0 Å². The molecule has 0 bridgehead atoms. The Morgan fingerprint density at radius 3 is 2.44 bits per heavy atom. The molecule has 0 aromatic carbocycles. The monoisotopic (exact) mass is 371 g/mol. The van der Waals surface area contributed by atoms with E-state index < -0.39 is 23.8 Å². The van der Waals surface area contributed by atoms with Gasteiger partial charge >= 0.3 is 0 Å². The van der Waals surface area contributed by atoms with Gasteiger partial charge in [0.15, 0.2) is 0 Å². The number of nitrogens with one attached hydrogen (secondary N) is 1. The first-order chi connectivity index (χ1) is 13.0. The average Bonchev–Trinajstić information content (AvgIpc) is 2.92. The Bertz CT molecular complexity index is 791. The molecule has 27 heavy (non-hydrogen) atoms. The molecule has 3 fully saturated rings. The predicted octanol–water partition coefficient (Wildman–Crippen LogP) is -0.0985. The van der Waals surface area contributed by atoms with E-state index in [1.807, 2.05) is 6.08 Å². The molecular formula is C19H21N3O5. The third kappa shape index (κ3) is 2.98. The molecule has 0 spiro atoms. The maximum Gasteiger partial charge on any atom is 0.257 e. The van der Waals surface area contributed by atoms with Crippen LogP contribution in [0.25, 0.3) is 0 Å². The predicted molar refractivity (Wildman–Crippen MR) is 92.7 cm³/mol. The smallest absolute Gasteiger partial charge is 0.257 e. The van der Waals surface area contributed by atoms with Crippen LogP contribution in [0.1, 0.15) is 32.1 Å². The van der Waals surface area contributed by atoms with E-state index in [4.69, 9.17) is 0 Å². The highest BCUT2D eigenvalue weighted by Crippen LogP contribution is 2.38. The Kier molecular flexibility index (Phi) is 4.41. The number of carbonyl (C=O) groups excluding carboxylic acids is 5. The third-order valence-corrected chi connectivity index (χ3v) is 5.91. The van der Waals surface area contributed by atoms with Gasteiger partial charge in [-0.3, -0.25) is 29.4 Å². The molecule has 0 aromatic rings. The molecular weight excluding hydrogens is 350 g/mol. The second kappa shape index (κ2) is 6.75. The van der Waals surface area contributed by atoms with E-state index in [9.17, 15) is 24.0 Å². The summed E-state index contributed by atoms with van der Waals surface area (Å²) >= 11 is 0. The molecule has 8 heteroatoms. The highest BCUT2D eigenvalue weighted by molar-refractivity contribution is 6.18. The lowest BCUT2D eigenvalue weighted by Gasteiger charge is -2.35. The molecule has 4 amide bonds. The second-order valence-corrected chi connectivity index (χ2v) is 7.48. The van der Waals surface area contributed by atoms with Crippen molar-refractivity contribution < 1.29 is 24.0 Å². The van der Waals surface area contributed by atoms with Crippen molar-refractivity contribution in [2.45, 2.75) is 38.1 Å². The molecule has 2 atom stereocenters. The Hall–Kier alpha value is -2.77. The van der Waals surface area contributed by atoms with Gasteiger partial charge in [-0.25, -0.2) is 0 Å². The van der Waals surface area contributed by atoms with Crippen LogP contribution < -0.4 is 5.32 Å². The fourth-order valence-corrected chi connectivity index (χ4v) is 4.32. The molecule has 3 heterocycles. The van der Waals surface area contributed by atoms with E-state index in [1.54, 1.807) is 6.08 Å². The number of aldehydes is 1. The third-order valence-electron chi connectivity index (χ3n) is 5.91. The van der Waals surface area contributed by atoms with Gasteiger partial charge in [0.1, 0.15) is 12.3 Å². The lowest BCUT2D eigenvalue weighted by atomic mass is 9.89. The van der Waals surface area contributed by atoms with Gasteiger partial charge in [0, 0.05) is 43.1 Å². The average molecular weight is 371 g/mol. The van der Waals surface area contributed by atoms with Crippen LogP contribution in [-0.2, 0) is 24.0 Å². The first-order valence-corrected chi connectivity index (χ1v) is 9.31. The first kappa shape index (κ1) is 17.6. The van der Waals surface area contributed by atoms with Crippen LogP contribution in [0.5, 0.6) is 0 Å². The second-order valence-electron chi connectivity index (χ2n) is 7.48. The Morgan fingerprint density at radius 2 is 1.78 bits per heavy atom. The zero-order valence-corrected chi connectivity index (χ0v) is 14.8. The van der Waals surface area contributed by atoms with Gasteiger partial charge < -0.3 is 9.69 Å². The summed E-state index contributed by atoms with van der Waals surface area (Å²) in [6.07, 6.45) is 6.84. The number of imide groups is 2. The maximum absolute atomic E-state index is 12.9. The highest BCUT2D eigenvalue weighted by Gasteiger charge is 2.50. The Balaban J connectivity index is 1.49. The SMILES string of the molecule is O=CC1CCN(C2=CC=C3C(=O)N(C4CCC(=O)NC4=O)C(=O)C3C2)CC1. The lowest BCUT2D eigenvalue weighted by molar-refractivity contribution is -0.150. The molecule has 0 saturated carbocycles. The van der Waals surface area contributed by atoms with Crippen molar-refractivity contribution >= 4 is 29.9 Å². The number of carbonyl (C=O) groups is 5. The summed E-state index contributed by atoms with van der Waals surface area (Å²) in [6, 6.07) is -0.916. The van der Waals surface area contributed by atoms with Gasteiger partial charge in [0.05, 0.1) is 5.92 Å². The Morgan fingerprint density at radius 1 is 1.04 bits per heavy atom. The minimum Gasteiger partial charge on any atom is -0.375 e. The van der Waals surface area contributed by atoms with Gasteiger partial charge in [0.25, 0.3) is 5.91 Å². The molecule has 0 aromatic heterocycles. The van der Waals surface area contributed by atoms with Gasteiger partial charge in [-0.15, -0.1) is 0 Å². The number of likely N-dealkylation sites (tertiary alicyclic amines) is 2. The number of nitrogens with zero attached hydrogens (tertiary/aromatic N) is 2. The number of piperidine rings is 2. The summed E-state index contributed by atoms with van der Waals surface area (Å²) in [5, 5.41) is 2.21. The van der Waals surface area contributed by atoms with Gasteiger partial charge in [-0.05, 0) is 25.3 Å². The van der Waals surface area contributed by atoms with Crippen LogP contribution in [0.15, 0.2) is 23.4 Å². The van der Waals surface area contributed by atoms with E-state index in [0.717, 1.165) is 42.8 Å². The number of hydrogen-bond donors (Lipinski definition) is 1. The van der Waals surface area contributed by atoms with Crippen molar-refractivity contribution in [1.29, 1.82) is 0 Å². The van der Waals surface area contributed by atoms with Crippen molar-refractivity contribution in [2.75, 3.05) is 13.1 Å². The minimum absolute atomic E-state index is 0.0919. The molecule has 2 unspecified atom stereocenters. The quantitative estimate of drug-likeness (QED) is 0.549. The summed E-state index contributed by atoms with van der Waals surface area (Å²) in [6.45, 7) is 1.51. The molecule has 3 saturated heterocycles. The summed E-state index contributed by atoms with van der Waals surface area (Å²) in [7, 11) is 0. The fraction of sp³-hybridized carbons (Fsp3) is 0.526. The molecule has 4 rings (SSSR count). The normalized spacial score (nSPS) is 29.3. The van der Waals surface area contributed by atoms with Crippen molar-refractivity contribution in [3.05, 3.63) is 23.4 Å². The van der Waals surface area contributed by atoms with Gasteiger partial charge in [-0.1, -0.05) is 6.08 Å². The van der Waals surface area contributed by atoms with E-state index in [-0.39, 0.29) is 30.6 Å². The van der Waals surface area contributed by atoms with Crippen molar-refractivity contribution in [1.82, 2.24) is 15.1 Å². The van der Waals surface area contributed by atoms with Crippen molar-refractivity contribution in [2.24, 2.45) is 11.8 Å². The number of rotatable bonds is 3. The fourth-order valence-electron chi connectivity index (χ4n) is 4.32. The van der Waals surface area contributed by atoms with Crippen LogP contribution in [0, 0.1) is 11.8 Å². The molecule has 142 valence electrons. The van der Waals surface area contributed by atoms with Crippen molar-refractivity contribution in [3.63, 3.8) is 0 Å². The first-order valence-electron chi connectivity index (χ1n) is 9.31. The zero-order valence-electron chi connectivity index (χ0n) is 14.8. The van der Waals surface area contributed by atoms with Crippen LogP contribution in [-0.4, -0.2) is 58.8 Å². The van der Waals surface area contributed by atoms with Gasteiger partial charge in [-0.2, -0.15) is 0 Å². The molecule has 3 aliphatic heterocycles. The summed E-state index contributed by atoms with van der Waals surface area (Å²) in [5.41, 5.74) is 1.40. The lowest BCUT2D eigenvalue weighted by Crippen LogP contribution is -2.54. The standard InChI is InChI=1S/C19H21N3O5/c23-10-11-5-7-21(8-6-11)12-1-2-13-14(9-12)19(27)22(18(13)26)15-3-4-16(24)20-17(15)25/h1-2,10-11,14-15H,3-9H2,(H,20,24,25). The van der Waals surface area contributed by atoms with E-state index in [0.29, 0.717) is 12.0 Å². The number of amides is 4. The number of allylic oxidation sites excluding steroid dienone is 3. The summed E-state index contributed by atoms with van der Waals surface area (Å²) < 4.78 is 0. The van der Waals surface area contributed by atoms with Crippen LogP contribution in [0.2, 0.25) is 0 Å². The molecule has 4 aliphatic rings. The largest absolute Gasteiger partial charge is 0.375 e. The van der Waals surface area contributed by atoms with E-state index in [2.05, 4.69) is 10.2 Å². The van der Waals surface area contributed by atoms with Crippen LogP contribution in [0.3, 0.4) is 0 Å². The van der Waals surface area contributed by atoms with Crippen LogP contribution in [0.4, 0.5) is 0 Å². The zero-order chi connectivity index (χ0) is 19.1. The molecule has 1 N–H and O–H groups in total. The van der Waals surface area contributed by atoms with Crippen LogP contribution >= 0.6 is 0 Å². The number of hydrogen-bond acceptors (Lipinski definition) is 6. The minimum atomic E-state index is -0.916.